The van der Waals surface area contributed by atoms with Crippen molar-refractivity contribution in [1.29, 1.82) is 0 Å². The molecule has 0 aliphatic carbocycles. The first-order valence-electron chi connectivity index (χ1n) is 7.34. The summed E-state index contributed by atoms with van der Waals surface area (Å²) >= 11 is 4.74. The molecule has 118 valence electrons. The predicted octanol–water partition coefficient (Wildman–Crippen LogP) is 6.46. The van der Waals surface area contributed by atoms with E-state index in [4.69, 9.17) is 0 Å². The third-order valence-electron chi connectivity index (χ3n) is 3.58. The van der Waals surface area contributed by atoms with Crippen LogP contribution in [0.2, 0.25) is 0 Å². The molecule has 0 saturated heterocycles. The van der Waals surface area contributed by atoms with Gasteiger partial charge in [0.2, 0.25) is 0 Å². The van der Waals surface area contributed by atoms with Gasteiger partial charge in [-0.1, -0.05) is 95.4 Å². The van der Waals surface area contributed by atoms with Crippen LogP contribution in [0.1, 0.15) is 35.3 Å². The number of carbonyl (C=O) groups is 1. The van der Waals surface area contributed by atoms with Crippen LogP contribution in [0.15, 0.2) is 76.4 Å². The molecule has 0 aliphatic heterocycles. The van der Waals surface area contributed by atoms with Gasteiger partial charge in [-0.25, -0.2) is 0 Å². The summed E-state index contributed by atoms with van der Waals surface area (Å²) in [6.07, 6.45) is 6.38. The van der Waals surface area contributed by atoms with Crippen LogP contribution < -0.4 is 0 Å². The molecular weight excluding hydrogens is 510 g/mol. The van der Waals surface area contributed by atoms with E-state index in [0.29, 0.717) is 0 Å². The Labute approximate surface area is 165 Å². The fourth-order valence-corrected chi connectivity index (χ4v) is 2.85. The van der Waals surface area contributed by atoms with E-state index in [9.17, 15) is 4.79 Å². The lowest BCUT2D eigenvalue weighted by Crippen LogP contribution is -2.09. The van der Waals surface area contributed by atoms with Crippen LogP contribution in [-0.2, 0) is 3.42 Å². The molecule has 0 radical (unpaired) electrons. The van der Waals surface area contributed by atoms with E-state index >= 15 is 0 Å². The van der Waals surface area contributed by atoms with Crippen molar-refractivity contribution in [2.45, 2.75) is 17.3 Å². The molecule has 0 fully saturated rings. The lowest BCUT2D eigenvalue weighted by molar-refractivity contribution is 0.103. The van der Waals surface area contributed by atoms with Gasteiger partial charge in [-0.05, 0) is 42.0 Å². The standard InChI is InChI=1S/C20H18I2O/c1-3-18(21)13-14-20(2,22)17-11-9-16(10-12-17)19(23)15-7-5-4-6-8-15/h3-14H,1-2H3/b14-13-,18-3+. The SMILES string of the molecule is C/C=C(I)\C=C/C(C)(I)c1ccc(C(=O)c2ccccc2)cc1. The lowest BCUT2D eigenvalue weighted by atomic mass is 9.96. The average molecular weight is 528 g/mol. The fraction of sp³-hybridized carbons (Fsp3) is 0.150. The normalized spacial score (nSPS) is 14.7. The zero-order valence-electron chi connectivity index (χ0n) is 13.1. The van der Waals surface area contributed by atoms with E-state index in [-0.39, 0.29) is 9.20 Å². The molecule has 0 heterocycles. The number of halogens is 2. The van der Waals surface area contributed by atoms with Gasteiger partial charge in [0.15, 0.2) is 5.78 Å². The zero-order chi connectivity index (χ0) is 16.9. The maximum atomic E-state index is 12.4. The summed E-state index contributed by atoms with van der Waals surface area (Å²) < 4.78 is 1.10. The van der Waals surface area contributed by atoms with Gasteiger partial charge in [-0.15, -0.1) is 0 Å². The topological polar surface area (TPSA) is 17.1 Å². The second kappa shape index (κ2) is 8.24. The van der Waals surface area contributed by atoms with Gasteiger partial charge >= 0.3 is 0 Å². The van der Waals surface area contributed by atoms with Crippen LogP contribution in [0.3, 0.4) is 0 Å². The first kappa shape index (κ1) is 18.4. The Morgan fingerprint density at radius 3 is 2.13 bits per heavy atom. The van der Waals surface area contributed by atoms with Crippen molar-refractivity contribution < 1.29 is 4.79 Å². The molecule has 1 unspecified atom stereocenters. The number of allylic oxidation sites excluding steroid dienone is 4. The molecule has 0 bridgehead atoms. The van der Waals surface area contributed by atoms with Crippen molar-refractivity contribution in [2.24, 2.45) is 0 Å². The van der Waals surface area contributed by atoms with Gasteiger partial charge in [0.05, 0.1) is 3.42 Å². The quantitative estimate of drug-likeness (QED) is 0.189. The fourth-order valence-electron chi connectivity index (χ4n) is 2.13. The highest BCUT2D eigenvalue weighted by molar-refractivity contribution is 14.1. The smallest absolute Gasteiger partial charge is 0.193 e. The Kier molecular flexibility index (Phi) is 6.59. The van der Waals surface area contributed by atoms with E-state index < -0.39 is 0 Å². The molecular formula is C20H18I2O. The summed E-state index contributed by atoms with van der Waals surface area (Å²) in [4.78, 5) is 12.4. The van der Waals surface area contributed by atoms with Gasteiger partial charge < -0.3 is 0 Å². The number of rotatable bonds is 5. The Bertz CT molecular complexity index is 726. The first-order valence-corrected chi connectivity index (χ1v) is 9.50. The summed E-state index contributed by atoms with van der Waals surface area (Å²) in [7, 11) is 0. The largest absolute Gasteiger partial charge is 0.289 e. The summed E-state index contributed by atoms with van der Waals surface area (Å²) in [5, 5.41) is 0. The minimum absolute atomic E-state index is 0.0614. The molecule has 2 rings (SSSR count). The maximum absolute atomic E-state index is 12.4. The monoisotopic (exact) mass is 528 g/mol. The average Bonchev–Trinajstić information content (AvgIpc) is 2.60. The van der Waals surface area contributed by atoms with Crippen molar-refractivity contribution in [1.82, 2.24) is 0 Å². The van der Waals surface area contributed by atoms with E-state index in [1.54, 1.807) is 0 Å². The molecule has 1 atom stereocenters. The number of carbonyl (C=O) groups excluding carboxylic acids is 1. The molecule has 1 nitrogen and oxygen atoms in total. The Hall–Kier alpha value is -0.950. The highest BCUT2D eigenvalue weighted by Gasteiger charge is 2.19. The lowest BCUT2D eigenvalue weighted by Gasteiger charge is -2.19. The molecule has 0 spiro atoms. The van der Waals surface area contributed by atoms with Gasteiger partial charge in [-0.2, -0.15) is 0 Å². The summed E-state index contributed by atoms with van der Waals surface area (Å²) in [5.41, 5.74) is 2.62. The van der Waals surface area contributed by atoms with E-state index in [2.05, 4.69) is 70.3 Å². The molecule has 3 heteroatoms. The Morgan fingerprint density at radius 2 is 1.57 bits per heavy atom. The van der Waals surface area contributed by atoms with Crippen LogP contribution in [-0.4, -0.2) is 5.78 Å². The van der Waals surface area contributed by atoms with Crippen molar-refractivity contribution in [3.63, 3.8) is 0 Å². The second-order valence-electron chi connectivity index (χ2n) is 5.35. The molecule has 2 aromatic rings. The number of alkyl halides is 1. The number of hydrogen-bond acceptors (Lipinski definition) is 1. The highest BCUT2D eigenvalue weighted by atomic mass is 127. The first-order chi connectivity index (χ1) is 10.9. The van der Waals surface area contributed by atoms with E-state index in [1.165, 1.54) is 9.14 Å². The number of hydrogen-bond donors (Lipinski definition) is 0. The third kappa shape index (κ3) is 5.01. The van der Waals surface area contributed by atoms with Gasteiger partial charge in [0.25, 0.3) is 0 Å². The van der Waals surface area contributed by atoms with Gasteiger partial charge in [-0.3, -0.25) is 4.79 Å². The second-order valence-corrected chi connectivity index (χ2v) is 8.84. The molecule has 0 saturated carbocycles. The van der Waals surface area contributed by atoms with E-state index in [1.807, 2.05) is 61.5 Å². The summed E-state index contributed by atoms with van der Waals surface area (Å²) in [6.45, 7) is 4.19. The molecule has 0 aromatic heterocycles. The molecule has 2 aromatic carbocycles. The third-order valence-corrected chi connectivity index (χ3v) is 5.54. The van der Waals surface area contributed by atoms with Crippen LogP contribution in [0.25, 0.3) is 0 Å². The Morgan fingerprint density at radius 1 is 1.00 bits per heavy atom. The number of benzene rings is 2. The zero-order valence-corrected chi connectivity index (χ0v) is 17.4. The van der Waals surface area contributed by atoms with Crippen molar-refractivity contribution in [3.8, 4) is 0 Å². The highest BCUT2D eigenvalue weighted by Crippen LogP contribution is 2.34. The van der Waals surface area contributed by atoms with Crippen LogP contribution in [0, 0.1) is 0 Å². The minimum Gasteiger partial charge on any atom is -0.289 e. The van der Waals surface area contributed by atoms with Gasteiger partial charge in [0, 0.05) is 14.7 Å². The van der Waals surface area contributed by atoms with Gasteiger partial charge in [0.1, 0.15) is 0 Å². The van der Waals surface area contributed by atoms with Crippen LogP contribution >= 0.6 is 45.2 Å². The van der Waals surface area contributed by atoms with Crippen molar-refractivity contribution >= 4 is 51.0 Å². The van der Waals surface area contributed by atoms with Crippen LogP contribution in [0.5, 0.6) is 0 Å². The number of ketones is 1. The van der Waals surface area contributed by atoms with Crippen molar-refractivity contribution in [3.05, 3.63) is 93.1 Å². The molecule has 23 heavy (non-hydrogen) atoms. The molecule has 0 N–H and O–H groups in total. The maximum Gasteiger partial charge on any atom is 0.193 e. The Balaban J connectivity index is 2.22. The molecule has 0 aliphatic rings. The summed E-state index contributed by atoms with van der Waals surface area (Å²) in [5.74, 6) is 0.0614. The summed E-state index contributed by atoms with van der Waals surface area (Å²) in [6, 6.07) is 17.3. The minimum atomic E-state index is -0.106. The predicted molar refractivity (Wildman–Crippen MR) is 115 cm³/mol. The van der Waals surface area contributed by atoms with E-state index in [0.717, 1.165) is 11.1 Å². The van der Waals surface area contributed by atoms with Crippen molar-refractivity contribution in [2.75, 3.05) is 0 Å². The molecule has 0 amide bonds. The van der Waals surface area contributed by atoms with Crippen LogP contribution in [0.4, 0.5) is 0 Å².